The van der Waals surface area contributed by atoms with Crippen LogP contribution in [0.25, 0.3) is 44.3 Å². The summed E-state index contributed by atoms with van der Waals surface area (Å²) in [6.45, 7) is 1.78. The van der Waals surface area contributed by atoms with Crippen molar-refractivity contribution in [3.63, 3.8) is 0 Å². The Kier molecular flexibility index (Phi) is 7.75. The van der Waals surface area contributed by atoms with Crippen LogP contribution in [0.5, 0.6) is 5.75 Å². The summed E-state index contributed by atoms with van der Waals surface area (Å²) in [7, 11) is -0.0597. The second-order valence-electron chi connectivity index (χ2n) is 9.54. The van der Waals surface area contributed by atoms with E-state index < -0.39 is 23.5 Å². The molecule has 0 amide bonds. The molecule has 1 aliphatic rings. The Balaban J connectivity index is 1.52. The second-order valence-corrected chi connectivity index (χ2v) is 10.8. The predicted octanol–water partition coefficient (Wildman–Crippen LogP) is 5.26. The van der Waals surface area contributed by atoms with E-state index in [9.17, 15) is 8.60 Å². The first kappa shape index (κ1) is 27.0. The van der Waals surface area contributed by atoms with Crippen molar-refractivity contribution in [3.05, 3.63) is 60.5 Å². The van der Waals surface area contributed by atoms with Gasteiger partial charge in [0.25, 0.3) is 0 Å². The molecule has 3 aromatic carbocycles. The minimum absolute atomic E-state index is 0.0759. The summed E-state index contributed by atoms with van der Waals surface area (Å²) in [5.74, 6) is 1.18. The number of halogens is 2. The van der Waals surface area contributed by atoms with Crippen LogP contribution in [0.4, 0.5) is 20.3 Å². The molecule has 1 fully saturated rings. The molecule has 2 N–H and O–H groups in total. The highest BCUT2D eigenvalue weighted by Crippen LogP contribution is 2.39. The van der Waals surface area contributed by atoms with Gasteiger partial charge in [0, 0.05) is 40.7 Å². The molecule has 212 valence electrons. The molecule has 6 rings (SSSR count). The largest absolute Gasteiger partial charge is 0.494 e. The number of fused-ring (bicyclic) bond motifs is 2. The molecule has 0 saturated carbocycles. The summed E-state index contributed by atoms with van der Waals surface area (Å²) >= 11 is 0. The van der Waals surface area contributed by atoms with Gasteiger partial charge in [-0.05, 0) is 36.2 Å². The number of rotatable bonds is 9. The van der Waals surface area contributed by atoms with E-state index in [2.05, 4.69) is 19.8 Å². The van der Waals surface area contributed by atoms with Crippen LogP contribution in [-0.2, 0) is 15.7 Å². The van der Waals surface area contributed by atoms with E-state index >= 15 is 4.39 Å². The van der Waals surface area contributed by atoms with E-state index in [-0.39, 0.29) is 23.4 Å². The van der Waals surface area contributed by atoms with Crippen LogP contribution in [0.3, 0.4) is 0 Å². The van der Waals surface area contributed by atoms with Gasteiger partial charge in [-0.3, -0.25) is 9.49 Å². The summed E-state index contributed by atoms with van der Waals surface area (Å²) < 4.78 is 54.6. The third kappa shape index (κ3) is 5.32. The molecule has 12 heteroatoms. The van der Waals surface area contributed by atoms with Gasteiger partial charge < -0.3 is 19.1 Å². The van der Waals surface area contributed by atoms with Gasteiger partial charge in [-0.15, -0.1) is 0 Å². The van der Waals surface area contributed by atoms with Crippen LogP contribution >= 0.6 is 0 Å². The van der Waals surface area contributed by atoms with Crippen LogP contribution in [-0.4, -0.2) is 70.2 Å². The Bertz CT molecular complexity index is 1740. The van der Waals surface area contributed by atoms with Crippen molar-refractivity contribution >= 4 is 44.3 Å². The van der Waals surface area contributed by atoms with E-state index in [1.54, 1.807) is 31.5 Å². The molecule has 0 spiro atoms. The molecular formula is C29H28F2N6O3S. The van der Waals surface area contributed by atoms with Gasteiger partial charge in [0.2, 0.25) is 0 Å². The maximum Gasteiger partial charge on any atom is 0.163 e. The summed E-state index contributed by atoms with van der Waals surface area (Å²) in [6.07, 6.45) is 1.88. The number of ether oxygens (including phenoxy) is 2. The molecule has 0 bridgehead atoms. The molecule has 1 atom stereocenters. The van der Waals surface area contributed by atoms with Crippen LogP contribution in [0.2, 0.25) is 0 Å². The molecule has 0 aliphatic carbocycles. The molecule has 9 nitrogen and oxygen atoms in total. The normalized spacial score (nSPS) is 14.5. The average molecular weight is 579 g/mol. The average Bonchev–Trinajstić information content (AvgIpc) is 3.50. The number of aromatic amines is 1. The number of aromatic nitrogens is 4. The van der Waals surface area contributed by atoms with Crippen molar-refractivity contribution in [2.24, 2.45) is 0 Å². The molecule has 41 heavy (non-hydrogen) atoms. The maximum absolute atomic E-state index is 15.8. The van der Waals surface area contributed by atoms with Gasteiger partial charge in [-0.2, -0.15) is 5.10 Å². The highest BCUT2D eigenvalue weighted by Gasteiger charge is 2.23. The SMILES string of the molecule is COc1cc(-c2cccc(NS(=O)CCCF)c2F)cc2c(N3CCOCC3)nc(-c3cccc4[nH]ncc34)nc12. The van der Waals surface area contributed by atoms with Gasteiger partial charge in [0.05, 0.1) is 44.4 Å². The Morgan fingerprint density at radius 1 is 1.10 bits per heavy atom. The number of benzene rings is 3. The fraction of sp³-hybridized carbons (Fsp3) is 0.276. The number of alkyl halides is 1. The number of hydrogen-bond acceptors (Lipinski definition) is 7. The van der Waals surface area contributed by atoms with Crippen molar-refractivity contribution in [2.75, 3.05) is 55.5 Å². The van der Waals surface area contributed by atoms with Crippen molar-refractivity contribution in [2.45, 2.75) is 6.42 Å². The van der Waals surface area contributed by atoms with Gasteiger partial charge in [0.15, 0.2) is 11.6 Å². The van der Waals surface area contributed by atoms with Crippen molar-refractivity contribution < 1.29 is 22.5 Å². The molecule has 2 aromatic heterocycles. The van der Waals surface area contributed by atoms with E-state index in [1.165, 1.54) is 6.07 Å². The van der Waals surface area contributed by atoms with Gasteiger partial charge >= 0.3 is 0 Å². The van der Waals surface area contributed by atoms with E-state index in [1.807, 2.05) is 24.3 Å². The van der Waals surface area contributed by atoms with Crippen LogP contribution < -0.4 is 14.4 Å². The number of methoxy groups -OCH3 is 1. The van der Waals surface area contributed by atoms with E-state index in [4.69, 9.17) is 19.4 Å². The molecule has 5 aromatic rings. The summed E-state index contributed by atoms with van der Waals surface area (Å²) in [4.78, 5) is 12.1. The van der Waals surface area contributed by atoms with E-state index in [0.29, 0.717) is 60.2 Å². The monoisotopic (exact) mass is 578 g/mol. The molecule has 0 radical (unpaired) electrons. The van der Waals surface area contributed by atoms with Crippen LogP contribution in [0.15, 0.2) is 54.7 Å². The number of H-pyrrole nitrogens is 1. The highest BCUT2D eigenvalue weighted by atomic mass is 32.2. The lowest BCUT2D eigenvalue weighted by molar-refractivity contribution is 0.122. The predicted molar refractivity (Wildman–Crippen MR) is 157 cm³/mol. The maximum atomic E-state index is 15.8. The highest BCUT2D eigenvalue weighted by molar-refractivity contribution is 7.86. The summed E-state index contributed by atoms with van der Waals surface area (Å²) in [6, 6.07) is 14.2. The van der Waals surface area contributed by atoms with E-state index in [0.717, 1.165) is 16.5 Å². The van der Waals surface area contributed by atoms with Crippen molar-refractivity contribution in [1.82, 2.24) is 20.2 Å². The molecule has 1 saturated heterocycles. The fourth-order valence-electron chi connectivity index (χ4n) is 4.99. The fourth-order valence-corrected chi connectivity index (χ4v) is 5.87. The van der Waals surface area contributed by atoms with Gasteiger partial charge in [-0.1, -0.05) is 24.3 Å². The first-order chi connectivity index (χ1) is 20.1. The zero-order valence-corrected chi connectivity index (χ0v) is 23.1. The van der Waals surface area contributed by atoms with Gasteiger partial charge in [-0.25, -0.2) is 18.6 Å². The minimum Gasteiger partial charge on any atom is -0.494 e. The summed E-state index contributed by atoms with van der Waals surface area (Å²) in [5.41, 5.74) is 3.20. The lowest BCUT2D eigenvalue weighted by Crippen LogP contribution is -2.37. The number of morpholine rings is 1. The van der Waals surface area contributed by atoms with Crippen molar-refractivity contribution in [3.8, 4) is 28.3 Å². The number of anilines is 2. The zero-order chi connectivity index (χ0) is 28.3. The number of nitrogens with zero attached hydrogens (tertiary/aromatic N) is 4. The minimum atomic E-state index is -1.61. The van der Waals surface area contributed by atoms with Crippen molar-refractivity contribution in [1.29, 1.82) is 0 Å². The lowest BCUT2D eigenvalue weighted by Gasteiger charge is -2.29. The van der Waals surface area contributed by atoms with Gasteiger partial charge in [0.1, 0.15) is 28.1 Å². The molecule has 1 unspecified atom stereocenters. The third-order valence-corrected chi connectivity index (χ3v) is 8.11. The Morgan fingerprint density at radius 3 is 2.71 bits per heavy atom. The quantitative estimate of drug-likeness (QED) is 0.246. The zero-order valence-electron chi connectivity index (χ0n) is 22.3. The Labute approximate surface area is 237 Å². The summed E-state index contributed by atoms with van der Waals surface area (Å²) in [5, 5.41) is 8.77. The molecular weight excluding hydrogens is 550 g/mol. The third-order valence-electron chi connectivity index (χ3n) is 7.00. The Hall–Kier alpha value is -4.16. The van der Waals surface area contributed by atoms with Crippen LogP contribution in [0, 0.1) is 5.82 Å². The number of nitrogens with one attached hydrogen (secondary N) is 2. The first-order valence-corrected chi connectivity index (χ1v) is 14.5. The smallest absolute Gasteiger partial charge is 0.163 e. The topological polar surface area (TPSA) is 105 Å². The molecule has 3 heterocycles. The number of hydrogen-bond donors (Lipinski definition) is 2. The standard InChI is InChI=1S/C29H28F2N6O3S/c1-39-25-16-18(19-5-2-8-24(26(19)31)36-41(38)14-4-9-30)15-21-27(25)33-28(34-29(21)37-10-12-40-13-11-37)20-6-3-7-23-22(20)17-32-35-23/h2-3,5-8,15-17,36H,4,9-14H2,1H3,(H,32,35). The second kappa shape index (κ2) is 11.8. The first-order valence-electron chi connectivity index (χ1n) is 13.2. The lowest BCUT2D eigenvalue weighted by atomic mass is 10.0. The Morgan fingerprint density at radius 2 is 1.90 bits per heavy atom. The van der Waals surface area contributed by atoms with Crippen LogP contribution in [0.1, 0.15) is 6.42 Å². The molecule has 1 aliphatic heterocycles.